The van der Waals surface area contributed by atoms with Crippen molar-refractivity contribution in [2.75, 3.05) is 18.0 Å². The van der Waals surface area contributed by atoms with Crippen LogP contribution >= 0.6 is 0 Å². The Hall–Kier alpha value is -3.15. The van der Waals surface area contributed by atoms with E-state index < -0.39 is 0 Å². The maximum absolute atomic E-state index is 12.7. The molecule has 0 saturated carbocycles. The molecule has 2 heterocycles. The van der Waals surface area contributed by atoms with Crippen molar-refractivity contribution in [1.82, 2.24) is 20.1 Å². The smallest absolute Gasteiger partial charge is 0.251 e. The van der Waals surface area contributed by atoms with Crippen LogP contribution < -0.4 is 10.2 Å². The highest BCUT2D eigenvalue weighted by molar-refractivity contribution is 5.95. The second-order valence-corrected chi connectivity index (χ2v) is 8.97. The highest BCUT2D eigenvalue weighted by Gasteiger charge is 2.33. The van der Waals surface area contributed by atoms with Crippen LogP contribution in [0.1, 0.15) is 67.0 Å². The molecule has 162 valence electrons. The number of fused-ring (bicyclic) bond motifs is 1. The summed E-state index contributed by atoms with van der Waals surface area (Å²) >= 11 is 0. The Morgan fingerprint density at radius 3 is 2.58 bits per heavy atom. The molecule has 2 aromatic carbocycles. The maximum Gasteiger partial charge on any atom is 0.251 e. The monoisotopic (exact) mass is 417 g/mol. The lowest BCUT2D eigenvalue weighted by Gasteiger charge is -2.20. The molecule has 1 N–H and O–H groups in total. The molecule has 1 amide bonds. The standard InChI is InChI=1S/C25H31N5O/c1-17(2)13-26-25(31)20-10-11-23-21(12-20)22(24-27-16-30(28-24)18(3)4)15-29(23)14-19-8-6-5-7-9-19/h5-12,16-18,22H,13-15H2,1-4H3,(H,26,31)/t22-/m0/s1. The SMILES string of the molecule is CC(C)CNC(=O)c1ccc2c(c1)[C@@H](c1ncn(C(C)C)n1)CN2Cc1ccccc1. The number of carbonyl (C=O) groups excluding carboxylic acids is 1. The van der Waals surface area contributed by atoms with Gasteiger partial charge in [0.15, 0.2) is 5.82 Å². The first kappa shape index (κ1) is 21.1. The molecule has 0 saturated heterocycles. The number of anilines is 1. The van der Waals surface area contributed by atoms with Crippen LogP contribution in [-0.4, -0.2) is 33.8 Å². The number of aromatic nitrogens is 3. The highest BCUT2D eigenvalue weighted by Crippen LogP contribution is 2.40. The van der Waals surface area contributed by atoms with Gasteiger partial charge in [-0.1, -0.05) is 44.2 Å². The third-order valence-corrected chi connectivity index (χ3v) is 5.66. The lowest BCUT2D eigenvalue weighted by atomic mass is 9.98. The number of amides is 1. The van der Waals surface area contributed by atoms with Gasteiger partial charge >= 0.3 is 0 Å². The van der Waals surface area contributed by atoms with Gasteiger partial charge in [-0.05, 0) is 49.1 Å². The summed E-state index contributed by atoms with van der Waals surface area (Å²) in [7, 11) is 0. The first-order valence-electron chi connectivity index (χ1n) is 11.0. The molecule has 1 aliphatic rings. The van der Waals surface area contributed by atoms with E-state index in [-0.39, 0.29) is 17.9 Å². The average Bonchev–Trinajstić information content (AvgIpc) is 3.38. The number of hydrogen-bond donors (Lipinski definition) is 1. The Morgan fingerprint density at radius 2 is 1.90 bits per heavy atom. The van der Waals surface area contributed by atoms with E-state index in [4.69, 9.17) is 5.10 Å². The van der Waals surface area contributed by atoms with E-state index in [9.17, 15) is 4.79 Å². The molecule has 4 rings (SSSR count). The van der Waals surface area contributed by atoms with Gasteiger partial charge in [0.25, 0.3) is 5.91 Å². The van der Waals surface area contributed by atoms with Crippen LogP contribution in [0.25, 0.3) is 0 Å². The van der Waals surface area contributed by atoms with E-state index in [1.165, 1.54) is 5.56 Å². The Labute approximate surface area is 184 Å². The van der Waals surface area contributed by atoms with Gasteiger partial charge in [-0.15, -0.1) is 0 Å². The molecular weight excluding hydrogens is 386 g/mol. The average molecular weight is 418 g/mol. The Morgan fingerprint density at radius 1 is 1.13 bits per heavy atom. The summed E-state index contributed by atoms with van der Waals surface area (Å²) in [5, 5.41) is 7.77. The summed E-state index contributed by atoms with van der Waals surface area (Å²) in [4.78, 5) is 19.7. The fourth-order valence-electron chi connectivity index (χ4n) is 3.95. The number of nitrogens with one attached hydrogen (secondary N) is 1. The largest absolute Gasteiger partial charge is 0.366 e. The van der Waals surface area contributed by atoms with Gasteiger partial charge in [0.05, 0.1) is 5.92 Å². The second kappa shape index (κ2) is 8.92. The van der Waals surface area contributed by atoms with E-state index in [1.807, 2.05) is 22.9 Å². The minimum atomic E-state index is -0.0302. The predicted octanol–water partition coefficient (Wildman–Crippen LogP) is 4.40. The molecule has 0 fully saturated rings. The second-order valence-electron chi connectivity index (χ2n) is 8.97. The van der Waals surface area contributed by atoms with Crippen molar-refractivity contribution in [3.63, 3.8) is 0 Å². The molecule has 31 heavy (non-hydrogen) atoms. The zero-order valence-corrected chi connectivity index (χ0v) is 18.7. The van der Waals surface area contributed by atoms with Crippen LogP contribution in [0.4, 0.5) is 5.69 Å². The number of benzene rings is 2. The van der Waals surface area contributed by atoms with E-state index in [0.717, 1.165) is 30.2 Å². The van der Waals surface area contributed by atoms with Crippen LogP contribution in [0.2, 0.25) is 0 Å². The van der Waals surface area contributed by atoms with Crippen molar-refractivity contribution in [2.45, 2.75) is 46.2 Å². The van der Waals surface area contributed by atoms with Gasteiger partial charge in [0.1, 0.15) is 6.33 Å². The fraction of sp³-hybridized carbons (Fsp3) is 0.400. The zero-order chi connectivity index (χ0) is 22.0. The molecule has 1 aliphatic heterocycles. The predicted molar refractivity (Wildman–Crippen MR) is 123 cm³/mol. The van der Waals surface area contributed by atoms with Crippen molar-refractivity contribution < 1.29 is 4.79 Å². The van der Waals surface area contributed by atoms with E-state index in [1.54, 1.807) is 6.33 Å². The molecule has 1 atom stereocenters. The van der Waals surface area contributed by atoms with Crippen LogP contribution in [0.5, 0.6) is 0 Å². The van der Waals surface area contributed by atoms with Gasteiger partial charge in [-0.25, -0.2) is 4.98 Å². The maximum atomic E-state index is 12.7. The number of carbonyl (C=O) groups is 1. The topological polar surface area (TPSA) is 63.1 Å². The molecule has 0 bridgehead atoms. The van der Waals surface area contributed by atoms with Gasteiger partial charge < -0.3 is 10.2 Å². The van der Waals surface area contributed by atoms with Crippen LogP contribution in [0.3, 0.4) is 0 Å². The number of hydrogen-bond acceptors (Lipinski definition) is 4. The molecule has 6 heteroatoms. The minimum absolute atomic E-state index is 0.0302. The van der Waals surface area contributed by atoms with Gasteiger partial charge in [0, 0.05) is 36.9 Å². The fourth-order valence-corrected chi connectivity index (χ4v) is 3.95. The molecule has 0 spiro atoms. The van der Waals surface area contributed by atoms with Crippen molar-refractivity contribution in [3.05, 3.63) is 77.4 Å². The Bertz CT molecular complexity index is 1040. The normalized spacial score (nSPS) is 15.5. The molecule has 6 nitrogen and oxygen atoms in total. The Kier molecular flexibility index (Phi) is 6.07. The first-order valence-corrected chi connectivity index (χ1v) is 11.0. The van der Waals surface area contributed by atoms with E-state index in [2.05, 4.69) is 73.2 Å². The van der Waals surface area contributed by atoms with Crippen LogP contribution in [0.15, 0.2) is 54.9 Å². The van der Waals surface area contributed by atoms with Crippen LogP contribution in [0, 0.1) is 5.92 Å². The van der Waals surface area contributed by atoms with Crippen LogP contribution in [-0.2, 0) is 6.54 Å². The molecule has 0 radical (unpaired) electrons. The number of nitrogens with zero attached hydrogens (tertiary/aromatic N) is 4. The molecule has 1 aromatic heterocycles. The quantitative estimate of drug-likeness (QED) is 0.619. The van der Waals surface area contributed by atoms with Crippen molar-refractivity contribution >= 4 is 11.6 Å². The third kappa shape index (κ3) is 4.63. The van der Waals surface area contributed by atoms with Crippen molar-refractivity contribution in [1.29, 1.82) is 0 Å². The van der Waals surface area contributed by atoms with Gasteiger partial charge in [-0.2, -0.15) is 5.10 Å². The van der Waals surface area contributed by atoms with E-state index >= 15 is 0 Å². The molecule has 3 aromatic rings. The summed E-state index contributed by atoms with van der Waals surface area (Å²) < 4.78 is 1.90. The summed E-state index contributed by atoms with van der Waals surface area (Å²) in [6.07, 6.45) is 1.80. The lowest BCUT2D eigenvalue weighted by molar-refractivity contribution is 0.0949. The highest BCUT2D eigenvalue weighted by atomic mass is 16.1. The van der Waals surface area contributed by atoms with E-state index in [0.29, 0.717) is 18.0 Å². The Balaban J connectivity index is 1.67. The number of rotatable bonds is 7. The van der Waals surface area contributed by atoms with Gasteiger partial charge in [0.2, 0.25) is 0 Å². The zero-order valence-electron chi connectivity index (χ0n) is 18.7. The van der Waals surface area contributed by atoms with Crippen molar-refractivity contribution in [3.8, 4) is 0 Å². The minimum Gasteiger partial charge on any atom is -0.366 e. The summed E-state index contributed by atoms with van der Waals surface area (Å²) in [5.41, 5.74) is 4.22. The third-order valence-electron chi connectivity index (χ3n) is 5.66. The molecule has 0 unspecified atom stereocenters. The molecular formula is C25H31N5O. The lowest BCUT2D eigenvalue weighted by Crippen LogP contribution is -2.27. The summed E-state index contributed by atoms with van der Waals surface area (Å²) in [6.45, 7) is 10.7. The summed E-state index contributed by atoms with van der Waals surface area (Å²) in [6, 6.07) is 16.7. The molecule has 0 aliphatic carbocycles. The van der Waals surface area contributed by atoms with Gasteiger partial charge in [-0.3, -0.25) is 9.48 Å². The first-order chi connectivity index (χ1) is 14.9. The van der Waals surface area contributed by atoms with Crippen molar-refractivity contribution in [2.24, 2.45) is 5.92 Å². The summed E-state index contributed by atoms with van der Waals surface area (Å²) in [5.74, 6) is 1.23.